The second-order valence-corrected chi connectivity index (χ2v) is 7.68. The zero-order chi connectivity index (χ0) is 22.7. The number of hydrogen-bond acceptors (Lipinski definition) is 6. The molecule has 32 heavy (non-hydrogen) atoms. The summed E-state index contributed by atoms with van der Waals surface area (Å²) in [5.41, 5.74) is 2.36. The van der Waals surface area contributed by atoms with E-state index in [4.69, 9.17) is 4.74 Å². The Kier molecular flexibility index (Phi) is 6.23. The van der Waals surface area contributed by atoms with Crippen LogP contribution in [-0.2, 0) is 16.1 Å². The van der Waals surface area contributed by atoms with Gasteiger partial charge in [0, 0.05) is 55.9 Å². The summed E-state index contributed by atoms with van der Waals surface area (Å²) in [5.74, 6) is -1.48. The van der Waals surface area contributed by atoms with Crippen molar-refractivity contribution in [1.82, 2.24) is 14.8 Å². The Hall–Kier alpha value is -3.65. The molecule has 8 heteroatoms. The quantitative estimate of drug-likeness (QED) is 0.363. The van der Waals surface area contributed by atoms with Crippen molar-refractivity contribution >= 4 is 28.6 Å². The van der Waals surface area contributed by atoms with Crippen LogP contribution in [0.3, 0.4) is 0 Å². The molecule has 4 rings (SSSR count). The van der Waals surface area contributed by atoms with Crippen LogP contribution in [0.15, 0.2) is 48.7 Å². The molecule has 3 aromatic rings. The van der Waals surface area contributed by atoms with E-state index in [0.29, 0.717) is 35.3 Å². The number of aromatic nitrogens is 1. The lowest BCUT2D eigenvalue weighted by atomic mass is 10.0. The molecule has 1 aliphatic heterocycles. The van der Waals surface area contributed by atoms with Gasteiger partial charge in [-0.25, -0.2) is 4.79 Å². The zero-order valence-corrected chi connectivity index (χ0v) is 18.1. The standard InChI is InChI=1S/C24H25N3O5/c1-31-21-13-20-17(19(14-25-20)22(28)24(30)32-2)12-18(21)23(29)27-10-8-26(9-11-27)15-16-6-4-3-5-7-16/h3-7,12-14,25H,8-11,15H2,1-2H3. The number of benzene rings is 2. The van der Waals surface area contributed by atoms with Crippen LogP contribution in [-0.4, -0.2) is 72.8 Å². The number of carbonyl (C=O) groups excluding carboxylic acids is 3. The number of hydrogen-bond donors (Lipinski definition) is 1. The largest absolute Gasteiger partial charge is 0.496 e. The van der Waals surface area contributed by atoms with Gasteiger partial charge in [0.15, 0.2) is 0 Å². The van der Waals surface area contributed by atoms with E-state index in [1.54, 1.807) is 17.0 Å². The molecule has 8 nitrogen and oxygen atoms in total. The predicted molar refractivity (Wildman–Crippen MR) is 119 cm³/mol. The van der Waals surface area contributed by atoms with E-state index in [9.17, 15) is 14.4 Å². The fourth-order valence-electron chi connectivity index (χ4n) is 4.00. The van der Waals surface area contributed by atoms with Crippen molar-refractivity contribution in [3.05, 3.63) is 65.4 Å². The van der Waals surface area contributed by atoms with Gasteiger partial charge in [0.05, 0.1) is 25.3 Å². The monoisotopic (exact) mass is 435 g/mol. The lowest BCUT2D eigenvalue weighted by molar-refractivity contribution is -0.135. The molecule has 1 aliphatic rings. The van der Waals surface area contributed by atoms with Crippen molar-refractivity contribution < 1.29 is 23.9 Å². The summed E-state index contributed by atoms with van der Waals surface area (Å²) in [5, 5.41) is 0.479. The van der Waals surface area contributed by atoms with Crippen LogP contribution in [0.4, 0.5) is 0 Å². The first-order valence-corrected chi connectivity index (χ1v) is 10.4. The zero-order valence-electron chi connectivity index (χ0n) is 18.1. The molecule has 1 amide bonds. The second kappa shape index (κ2) is 9.23. The summed E-state index contributed by atoms with van der Waals surface area (Å²) in [6.07, 6.45) is 1.44. The molecule has 0 aliphatic carbocycles. The molecule has 1 N–H and O–H groups in total. The van der Waals surface area contributed by atoms with Crippen LogP contribution < -0.4 is 4.74 Å². The van der Waals surface area contributed by atoms with Gasteiger partial charge in [-0.2, -0.15) is 0 Å². The lowest BCUT2D eigenvalue weighted by Crippen LogP contribution is -2.48. The normalized spacial score (nSPS) is 14.4. The molecule has 2 heterocycles. The summed E-state index contributed by atoms with van der Waals surface area (Å²) in [6, 6.07) is 13.5. The van der Waals surface area contributed by atoms with Crippen molar-refractivity contribution in [2.24, 2.45) is 0 Å². The number of ketones is 1. The lowest BCUT2D eigenvalue weighted by Gasteiger charge is -2.35. The topological polar surface area (TPSA) is 91.9 Å². The summed E-state index contributed by atoms with van der Waals surface area (Å²) in [4.78, 5) is 44.5. The van der Waals surface area contributed by atoms with Crippen LogP contribution in [0, 0.1) is 0 Å². The fraction of sp³-hybridized carbons (Fsp3) is 0.292. The van der Waals surface area contributed by atoms with Crippen molar-refractivity contribution in [2.75, 3.05) is 40.4 Å². The average molecular weight is 435 g/mol. The van der Waals surface area contributed by atoms with Crippen molar-refractivity contribution in [1.29, 1.82) is 0 Å². The van der Waals surface area contributed by atoms with Gasteiger partial charge in [-0.1, -0.05) is 30.3 Å². The Balaban J connectivity index is 1.54. The minimum absolute atomic E-state index is 0.163. The Bertz CT molecular complexity index is 1150. The third-order valence-corrected chi connectivity index (χ3v) is 5.76. The van der Waals surface area contributed by atoms with Gasteiger partial charge in [-0.15, -0.1) is 0 Å². The summed E-state index contributed by atoms with van der Waals surface area (Å²) in [7, 11) is 2.66. The highest BCUT2D eigenvalue weighted by Gasteiger charge is 2.27. The predicted octanol–water partition coefficient (Wildman–Crippen LogP) is 2.49. The van der Waals surface area contributed by atoms with Crippen LogP contribution in [0.2, 0.25) is 0 Å². The van der Waals surface area contributed by atoms with E-state index < -0.39 is 11.8 Å². The van der Waals surface area contributed by atoms with Crippen molar-refractivity contribution in [3.63, 3.8) is 0 Å². The van der Waals surface area contributed by atoms with Gasteiger partial charge in [-0.05, 0) is 11.6 Å². The Morgan fingerprint density at radius 3 is 2.34 bits per heavy atom. The van der Waals surface area contributed by atoms with Crippen LogP contribution in [0.5, 0.6) is 5.75 Å². The maximum absolute atomic E-state index is 13.3. The minimum Gasteiger partial charge on any atom is -0.496 e. The van der Waals surface area contributed by atoms with Gasteiger partial charge in [0.25, 0.3) is 11.7 Å². The molecule has 0 radical (unpaired) electrons. The van der Waals surface area contributed by atoms with Crippen LogP contribution in [0.1, 0.15) is 26.3 Å². The van der Waals surface area contributed by atoms with Gasteiger partial charge >= 0.3 is 5.97 Å². The number of ether oxygens (including phenoxy) is 2. The van der Waals surface area contributed by atoms with E-state index in [2.05, 4.69) is 26.8 Å². The third-order valence-electron chi connectivity index (χ3n) is 5.76. The molecule has 0 unspecified atom stereocenters. The number of carbonyl (C=O) groups is 3. The maximum atomic E-state index is 13.3. The molecule has 1 fully saturated rings. The molecule has 1 saturated heterocycles. The number of amides is 1. The molecular weight excluding hydrogens is 410 g/mol. The summed E-state index contributed by atoms with van der Waals surface area (Å²) in [6.45, 7) is 3.56. The average Bonchev–Trinajstić information content (AvgIpc) is 3.25. The van der Waals surface area contributed by atoms with Crippen molar-refractivity contribution in [3.8, 4) is 5.75 Å². The first-order valence-electron chi connectivity index (χ1n) is 10.4. The highest BCUT2D eigenvalue weighted by molar-refractivity contribution is 6.43. The van der Waals surface area contributed by atoms with Crippen molar-refractivity contribution in [2.45, 2.75) is 6.54 Å². The maximum Gasteiger partial charge on any atom is 0.379 e. The Labute approximate surface area is 185 Å². The molecule has 0 spiro atoms. The highest BCUT2D eigenvalue weighted by Crippen LogP contribution is 2.29. The number of nitrogens with one attached hydrogen (secondary N) is 1. The number of H-pyrrole nitrogens is 1. The first kappa shape index (κ1) is 21.6. The molecule has 0 saturated carbocycles. The van der Waals surface area contributed by atoms with E-state index in [1.807, 2.05) is 18.2 Å². The fourth-order valence-corrected chi connectivity index (χ4v) is 4.00. The molecule has 1 aromatic heterocycles. The van der Waals surface area contributed by atoms with E-state index in [0.717, 1.165) is 26.7 Å². The number of Topliss-reactive ketones (excluding diaryl/α,β-unsaturated/α-hetero) is 1. The number of piperazine rings is 1. The van der Waals surface area contributed by atoms with E-state index in [1.165, 1.54) is 18.9 Å². The van der Waals surface area contributed by atoms with E-state index >= 15 is 0 Å². The van der Waals surface area contributed by atoms with Crippen LogP contribution in [0.25, 0.3) is 10.9 Å². The molecular formula is C24H25N3O5. The van der Waals surface area contributed by atoms with Gasteiger partial charge < -0.3 is 19.4 Å². The highest BCUT2D eigenvalue weighted by atomic mass is 16.5. The molecule has 0 atom stereocenters. The molecule has 0 bridgehead atoms. The smallest absolute Gasteiger partial charge is 0.379 e. The number of rotatable bonds is 6. The minimum atomic E-state index is -0.955. The second-order valence-electron chi connectivity index (χ2n) is 7.68. The van der Waals surface area contributed by atoms with Gasteiger partial charge in [0.2, 0.25) is 0 Å². The third kappa shape index (κ3) is 4.22. The number of fused-ring (bicyclic) bond motifs is 1. The number of aromatic amines is 1. The van der Waals surface area contributed by atoms with E-state index in [-0.39, 0.29) is 11.5 Å². The number of nitrogens with zero attached hydrogens (tertiary/aromatic N) is 2. The molecule has 166 valence electrons. The molecule has 2 aromatic carbocycles. The van der Waals surface area contributed by atoms with Gasteiger partial charge in [-0.3, -0.25) is 14.5 Å². The summed E-state index contributed by atoms with van der Waals surface area (Å²) >= 11 is 0. The Morgan fingerprint density at radius 2 is 1.69 bits per heavy atom. The summed E-state index contributed by atoms with van der Waals surface area (Å²) < 4.78 is 10.00. The first-order chi connectivity index (χ1) is 15.5. The SMILES string of the molecule is COC(=O)C(=O)c1c[nH]c2cc(OC)c(C(=O)N3CCN(Cc4ccccc4)CC3)cc12. The Morgan fingerprint density at radius 1 is 0.969 bits per heavy atom. The van der Waals surface area contributed by atoms with Gasteiger partial charge in [0.1, 0.15) is 5.75 Å². The number of methoxy groups -OCH3 is 2. The van der Waals surface area contributed by atoms with Crippen LogP contribution >= 0.6 is 0 Å². The number of esters is 1.